The second-order valence-electron chi connectivity index (χ2n) is 5.43. The van der Waals surface area contributed by atoms with E-state index < -0.39 is 0 Å². The van der Waals surface area contributed by atoms with Crippen LogP contribution in [-0.2, 0) is 6.42 Å². The van der Waals surface area contributed by atoms with Crippen molar-refractivity contribution in [2.45, 2.75) is 46.0 Å². The fourth-order valence-corrected chi connectivity index (χ4v) is 1.89. The van der Waals surface area contributed by atoms with Crippen LogP contribution in [0.15, 0.2) is 42.5 Å². The highest BCUT2D eigenvalue weighted by atomic mass is 16.3. The first-order valence-electron chi connectivity index (χ1n) is 7.50. The molecule has 0 heterocycles. The lowest BCUT2D eigenvalue weighted by Crippen LogP contribution is -1.97. The molecule has 114 valence electrons. The minimum atomic E-state index is 0.240. The van der Waals surface area contributed by atoms with Gasteiger partial charge in [0.25, 0.3) is 0 Å². The van der Waals surface area contributed by atoms with E-state index in [0.29, 0.717) is 12.5 Å². The van der Waals surface area contributed by atoms with Crippen LogP contribution < -0.4 is 0 Å². The fourth-order valence-electron chi connectivity index (χ4n) is 1.89. The molecule has 1 aromatic carbocycles. The van der Waals surface area contributed by atoms with Crippen molar-refractivity contribution in [1.82, 2.24) is 0 Å². The van der Waals surface area contributed by atoms with Crippen molar-refractivity contribution < 1.29 is 10.2 Å². The molecule has 0 aromatic heterocycles. The Bertz CT molecular complexity index is 333. The van der Waals surface area contributed by atoms with Gasteiger partial charge in [-0.25, -0.2) is 0 Å². The summed E-state index contributed by atoms with van der Waals surface area (Å²) in [5, 5.41) is 17.1. The van der Waals surface area contributed by atoms with Crippen molar-refractivity contribution in [1.29, 1.82) is 0 Å². The second kappa shape index (κ2) is 12.9. The number of aliphatic hydroxyl groups excluding tert-OH is 2. The van der Waals surface area contributed by atoms with Gasteiger partial charge < -0.3 is 10.2 Å². The van der Waals surface area contributed by atoms with E-state index in [9.17, 15) is 0 Å². The zero-order valence-corrected chi connectivity index (χ0v) is 13.0. The molecule has 0 fully saturated rings. The van der Waals surface area contributed by atoms with Gasteiger partial charge in [0.2, 0.25) is 0 Å². The summed E-state index contributed by atoms with van der Waals surface area (Å²) in [5.74, 6) is 0.666. The fraction of sp³-hybridized carbons (Fsp3) is 0.556. The molecule has 0 saturated carbocycles. The van der Waals surface area contributed by atoms with Crippen LogP contribution >= 0.6 is 0 Å². The molecule has 0 unspecified atom stereocenters. The van der Waals surface area contributed by atoms with E-state index in [1.807, 2.05) is 30.3 Å². The number of benzene rings is 1. The zero-order valence-electron chi connectivity index (χ0n) is 13.0. The first kappa shape index (κ1) is 18.9. The molecule has 2 heteroatoms. The Balaban J connectivity index is 0.000000367. The van der Waals surface area contributed by atoms with Crippen LogP contribution in [0.5, 0.6) is 0 Å². The van der Waals surface area contributed by atoms with E-state index in [2.05, 4.69) is 20.4 Å². The molecule has 1 rings (SSSR count). The van der Waals surface area contributed by atoms with Crippen molar-refractivity contribution >= 4 is 0 Å². The van der Waals surface area contributed by atoms with Crippen LogP contribution in [0.25, 0.3) is 0 Å². The van der Waals surface area contributed by atoms with Crippen LogP contribution in [0.2, 0.25) is 0 Å². The summed E-state index contributed by atoms with van der Waals surface area (Å²) < 4.78 is 0. The van der Waals surface area contributed by atoms with Gasteiger partial charge in [0.15, 0.2) is 0 Å². The third-order valence-electron chi connectivity index (χ3n) is 3.17. The molecular weight excluding hydrogens is 248 g/mol. The minimum absolute atomic E-state index is 0.240. The number of allylic oxidation sites excluding steroid dienone is 1. The molecule has 0 amide bonds. The van der Waals surface area contributed by atoms with E-state index in [-0.39, 0.29) is 6.61 Å². The predicted octanol–water partition coefficient (Wildman–Crippen LogP) is 3.97. The highest BCUT2D eigenvalue weighted by Crippen LogP contribution is 2.13. The largest absolute Gasteiger partial charge is 0.396 e. The average Bonchev–Trinajstić information content (AvgIpc) is 2.41. The number of rotatable bonds is 8. The lowest BCUT2D eigenvalue weighted by molar-refractivity contribution is 0.257. The lowest BCUT2D eigenvalue weighted by Gasteiger charge is -2.08. The Morgan fingerprint density at radius 3 is 2.25 bits per heavy atom. The number of aliphatic hydroxyl groups is 2. The summed E-state index contributed by atoms with van der Waals surface area (Å²) in [7, 11) is 0. The first-order chi connectivity index (χ1) is 9.60. The molecule has 2 nitrogen and oxygen atoms in total. The number of hydrogen-bond donors (Lipinski definition) is 2. The van der Waals surface area contributed by atoms with Gasteiger partial charge in [-0.2, -0.15) is 0 Å². The molecule has 0 spiro atoms. The Labute approximate surface area is 124 Å². The van der Waals surface area contributed by atoms with Crippen LogP contribution in [-0.4, -0.2) is 23.4 Å². The monoisotopic (exact) mass is 278 g/mol. The first-order valence-corrected chi connectivity index (χ1v) is 7.50. The Morgan fingerprint density at radius 2 is 1.75 bits per heavy atom. The molecule has 20 heavy (non-hydrogen) atoms. The minimum Gasteiger partial charge on any atom is -0.396 e. The van der Waals surface area contributed by atoms with E-state index in [1.165, 1.54) is 24.0 Å². The van der Waals surface area contributed by atoms with Gasteiger partial charge in [-0.1, -0.05) is 49.2 Å². The third-order valence-corrected chi connectivity index (χ3v) is 3.17. The second-order valence-corrected chi connectivity index (χ2v) is 5.43. The Hall–Kier alpha value is -1.12. The molecule has 0 radical (unpaired) electrons. The molecule has 2 N–H and O–H groups in total. The molecule has 0 saturated heterocycles. The van der Waals surface area contributed by atoms with Crippen molar-refractivity contribution in [3.8, 4) is 0 Å². The zero-order chi connectivity index (χ0) is 15.2. The third kappa shape index (κ3) is 11.9. The highest BCUT2D eigenvalue weighted by molar-refractivity contribution is 5.14. The highest BCUT2D eigenvalue weighted by Gasteiger charge is 1.99. The average molecular weight is 278 g/mol. The van der Waals surface area contributed by atoms with E-state index in [4.69, 9.17) is 10.2 Å². The van der Waals surface area contributed by atoms with Crippen LogP contribution in [0.4, 0.5) is 0 Å². The van der Waals surface area contributed by atoms with E-state index in [1.54, 1.807) is 0 Å². The van der Waals surface area contributed by atoms with Gasteiger partial charge in [-0.05, 0) is 44.1 Å². The van der Waals surface area contributed by atoms with E-state index >= 15 is 0 Å². The Kier molecular flexibility index (Phi) is 12.2. The summed E-state index contributed by atoms with van der Waals surface area (Å²) in [6.45, 7) is 8.67. The van der Waals surface area contributed by atoms with Gasteiger partial charge >= 0.3 is 0 Å². The topological polar surface area (TPSA) is 40.5 Å². The van der Waals surface area contributed by atoms with Crippen molar-refractivity contribution in [2.24, 2.45) is 5.92 Å². The lowest BCUT2D eigenvalue weighted by atomic mass is 10.00. The molecule has 0 bridgehead atoms. The maximum atomic E-state index is 8.63. The van der Waals surface area contributed by atoms with Crippen LogP contribution in [0.3, 0.4) is 0 Å². The molecule has 0 aliphatic rings. The van der Waals surface area contributed by atoms with Crippen molar-refractivity contribution in [2.75, 3.05) is 13.2 Å². The Morgan fingerprint density at radius 1 is 1.10 bits per heavy atom. The van der Waals surface area contributed by atoms with Crippen LogP contribution in [0, 0.1) is 5.92 Å². The van der Waals surface area contributed by atoms with Crippen molar-refractivity contribution in [3.05, 3.63) is 48.0 Å². The normalized spacial score (nSPS) is 11.4. The van der Waals surface area contributed by atoms with Gasteiger partial charge in [-0.15, -0.1) is 6.58 Å². The molecule has 1 atom stereocenters. The van der Waals surface area contributed by atoms with Gasteiger partial charge in [-0.3, -0.25) is 0 Å². The summed E-state index contributed by atoms with van der Waals surface area (Å²) in [6.07, 6.45) is 5.27. The van der Waals surface area contributed by atoms with Gasteiger partial charge in [0, 0.05) is 13.2 Å². The van der Waals surface area contributed by atoms with Crippen molar-refractivity contribution in [3.63, 3.8) is 0 Å². The molecule has 0 aliphatic carbocycles. The standard InChI is InChI=1S/C10H20O.C8H10O/c1-9(2)5-4-6-10(3)7-8-11;9-7-6-8-4-2-1-3-5-8/h10-11H,1,4-8H2,2-3H3;1-5,9H,6-7H2/t10-;/m0./s1. The van der Waals surface area contributed by atoms with E-state index in [0.717, 1.165) is 19.3 Å². The maximum absolute atomic E-state index is 8.63. The van der Waals surface area contributed by atoms with Crippen LogP contribution in [0.1, 0.15) is 45.1 Å². The molecule has 1 aromatic rings. The summed E-state index contributed by atoms with van der Waals surface area (Å²) in [6, 6.07) is 9.95. The number of hydrogen-bond acceptors (Lipinski definition) is 2. The predicted molar refractivity (Wildman–Crippen MR) is 86.8 cm³/mol. The summed E-state index contributed by atoms with van der Waals surface area (Å²) in [5.41, 5.74) is 2.46. The maximum Gasteiger partial charge on any atom is 0.0471 e. The smallest absolute Gasteiger partial charge is 0.0471 e. The SMILES string of the molecule is C=C(C)CCC[C@H](C)CCO.OCCc1ccccc1. The summed E-state index contributed by atoms with van der Waals surface area (Å²) >= 11 is 0. The summed E-state index contributed by atoms with van der Waals surface area (Å²) in [4.78, 5) is 0. The quantitative estimate of drug-likeness (QED) is 0.706. The van der Waals surface area contributed by atoms with Gasteiger partial charge in [0.1, 0.15) is 0 Å². The van der Waals surface area contributed by atoms with Gasteiger partial charge in [0.05, 0.1) is 0 Å². The molecular formula is C18H30O2. The molecule has 0 aliphatic heterocycles.